The molecule has 1 saturated heterocycles. The van der Waals surface area contributed by atoms with Gasteiger partial charge < -0.3 is 14.5 Å². The minimum atomic E-state index is -2.35. The number of carbonyl (C=O) groups excluding carboxylic acids is 1. The number of aliphatic carboxylic acids is 1. The fraction of sp³-hybridized carbons (Fsp3) is 0.643. The molecule has 1 aliphatic heterocycles. The minimum Gasteiger partial charge on any atom is -0.479 e. The molecule has 1 unspecified atom stereocenters. The van der Waals surface area contributed by atoms with Gasteiger partial charge in [-0.25, -0.2) is 9.18 Å². The summed E-state index contributed by atoms with van der Waals surface area (Å²) in [7, 11) is 0. The summed E-state index contributed by atoms with van der Waals surface area (Å²) in [6.45, 7) is -0.341. The molecule has 0 saturated carbocycles. The molecule has 0 radical (unpaired) electrons. The number of nitrogens with zero attached hydrogens (tertiary/aromatic N) is 2. The maximum Gasteiger partial charge on any atom is 0.343 e. The third-order valence-electron chi connectivity index (χ3n) is 4.29. The fourth-order valence-corrected chi connectivity index (χ4v) is 3.00. The number of amides is 1. The zero-order chi connectivity index (χ0) is 15.0. The second-order valence-electron chi connectivity index (χ2n) is 5.74. The molecule has 0 aromatic carbocycles. The molecule has 1 amide bonds. The van der Waals surface area contributed by atoms with Gasteiger partial charge in [-0.3, -0.25) is 4.79 Å². The van der Waals surface area contributed by atoms with Gasteiger partial charge in [0.1, 0.15) is 5.76 Å². The maximum atomic E-state index is 14.1. The molecule has 1 fully saturated rings. The number of halogens is 1. The monoisotopic (exact) mass is 296 g/mol. The van der Waals surface area contributed by atoms with E-state index in [1.165, 1.54) is 4.90 Å². The van der Waals surface area contributed by atoms with Crippen LogP contribution < -0.4 is 0 Å². The van der Waals surface area contributed by atoms with E-state index in [-0.39, 0.29) is 18.7 Å². The number of alkyl halides is 1. The lowest BCUT2D eigenvalue weighted by atomic mass is 10.1. The van der Waals surface area contributed by atoms with E-state index in [4.69, 9.17) is 9.63 Å². The summed E-state index contributed by atoms with van der Waals surface area (Å²) in [5.74, 6) is -1.21. The molecule has 0 spiro atoms. The maximum absolute atomic E-state index is 14.1. The number of hydrogen-bond acceptors (Lipinski definition) is 4. The van der Waals surface area contributed by atoms with Crippen LogP contribution >= 0.6 is 0 Å². The third kappa shape index (κ3) is 2.41. The van der Waals surface area contributed by atoms with Gasteiger partial charge in [0.25, 0.3) is 5.91 Å². The average molecular weight is 296 g/mol. The van der Waals surface area contributed by atoms with E-state index < -0.39 is 24.1 Å². The van der Waals surface area contributed by atoms with Crippen LogP contribution in [0.1, 0.15) is 47.5 Å². The SMILES string of the molecule is O=C(c1noc2c1CCCCC2)N1CCC(F)(C(=O)O)C1. The Morgan fingerprint density at radius 1 is 1.29 bits per heavy atom. The molecule has 2 heterocycles. The number of rotatable bonds is 2. The molecule has 0 bridgehead atoms. The van der Waals surface area contributed by atoms with Gasteiger partial charge in [0.05, 0.1) is 6.54 Å². The Morgan fingerprint density at radius 3 is 2.76 bits per heavy atom. The highest BCUT2D eigenvalue weighted by Crippen LogP contribution is 2.29. The Balaban J connectivity index is 1.81. The molecular weight excluding hydrogens is 279 g/mol. The van der Waals surface area contributed by atoms with Crippen molar-refractivity contribution in [3.05, 3.63) is 17.0 Å². The van der Waals surface area contributed by atoms with Crippen LogP contribution in [0.3, 0.4) is 0 Å². The van der Waals surface area contributed by atoms with Crippen LogP contribution in [0.15, 0.2) is 4.52 Å². The standard InChI is InChI=1S/C14H17FN2O4/c15-14(13(19)20)6-7-17(8-14)12(18)11-9-4-2-1-3-5-10(9)21-16-11/h1-8H2,(H,19,20). The van der Waals surface area contributed by atoms with Crippen molar-refractivity contribution in [2.24, 2.45) is 0 Å². The minimum absolute atomic E-state index is 0.0866. The van der Waals surface area contributed by atoms with Gasteiger partial charge in [0.15, 0.2) is 5.69 Å². The summed E-state index contributed by atoms with van der Waals surface area (Å²) < 4.78 is 19.3. The van der Waals surface area contributed by atoms with E-state index in [9.17, 15) is 14.0 Å². The van der Waals surface area contributed by atoms with Gasteiger partial charge in [0.2, 0.25) is 5.67 Å². The van der Waals surface area contributed by atoms with Crippen molar-refractivity contribution in [2.45, 2.75) is 44.2 Å². The normalized spacial score (nSPS) is 25.5. The van der Waals surface area contributed by atoms with Crippen LogP contribution in [0.4, 0.5) is 4.39 Å². The molecular formula is C14H17FN2O4. The van der Waals surface area contributed by atoms with Crippen LogP contribution in [0.2, 0.25) is 0 Å². The lowest BCUT2D eigenvalue weighted by Crippen LogP contribution is -2.39. The van der Waals surface area contributed by atoms with Crippen molar-refractivity contribution < 1.29 is 23.6 Å². The smallest absolute Gasteiger partial charge is 0.343 e. The molecule has 2 aliphatic rings. The quantitative estimate of drug-likeness (QED) is 0.838. The van der Waals surface area contributed by atoms with Crippen molar-refractivity contribution in [3.8, 4) is 0 Å². The van der Waals surface area contributed by atoms with Gasteiger partial charge in [-0.1, -0.05) is 11.6 Å². The van der Waals surface area contributed by atoms with Crippen LogP contribution in [0, 0.1) is 0 Å². The van der Waals surface area contributed by atoms with Crippen LogP contribution in [-0.2, 0) is 17.6 Å². The van der Waals surface area contributed by atoms with E-state index in [0.29, 0.717) is 0 Å². The highest BCUT2D eigenvalue weighted by Gasteiger charge is 2.47. The Kier molecular flexibility index (Phi) is 3.43. The summed E-state index contributed by atoms with van der Waals surface area (Å²) in [6, 6.07) is 0. The predicted molar refractivity (Wildman–Crippen MR) is 69.8 cm³/mol. The number of carbonyl (C=O) groups is 2. The summed E-state index contributed by atoms with van der Waals surface area (Å²) >= 11 is 0. The first kappa shape index (κ1) is 14.0. The van der Waals surface area contributed by atoms with Crippen LogP contribution in [0.5, 0.6) is 0 Å². The predicted octanol–water partition coefficient (Wildman–Crippen LogP) is 1.58. The largest absolute Gasteiger partial charge is 0.479 e. The zero-order valence-electron chi connectivity index (χ0n) is 11.6. The molecule has 21 heavy (non-hydrogen) atoms. The third-order valence-corrected chi connectivity index (χ3v) is 4.29. The zero-order valence-corrected chi connectivity index (χ0v) is 11.6. The number of carboxylic acids is 1. The van der Waals surface area contributed by atoms with Crippen LogP contribution in [0.25, 0.3) is 0 Å². The van der Waals surface area contributed by atoms with Crippen molar-refractivity contribution in [1.29, 1.82) is 0 Å². The Labute approximate surface area is 120 Å². The van der Waals surface area contributed by atoms with E-state index in [1.54, 1.807) is 0 Å². The summed E-state index contributed by atoms with van der Waals surface area (Å²) in [4.78, 5) is 24.6. The van der Waals surface area contributed by atoms with Crippen LogP contribution in [-0.4, -0.2) is 45.8 Å². The second-order valence-corrected chi connectivity index (χ2v) is 5.74. The molecule has 7 heteroatoms. The van der Waals surface area contributed by atoms with E-state index in [1.807, 2.05) is 0 Å². The number of hydrogen-bond donors (Lipinski definition) is 1. The first-order valence-corrected chi connectivity index (χ1v) is 7.20. The average Bonchev–Trinajstić information content (AvgIpc) is 2.97. The van der Waals surface area contributed by atoms with Gasteiger partial charge in [-0.15, -0.1) is 0 Å². The van der Waals surface area contributed by atoms with Crippen molar-refractivity contribution in [2.75, 3.05) is 13.1 Å². The number of aromatic nitrogens is 1. The lowest BCUT2D eigenvalue weighted by molar-refractivity contribution is -0.149. The molecule has 6 nitrogen and oxygen atoms in total. The molecule has 1 aromatic rings. The molecule has 1 N–H and O–H groups in total. The lowest BCUT2D eigenvalue weighted by Gasteiger charge is -2.17. The summed E-state index contributed by atoms with van der Waals surface area (Å²) in [5, 5.41) is 12.7. The molecule has 114 valence electrons. The first-order chi connectivity index (χ1) is 10.0. The van der Waals surface area contributed by atoms with E-state index in [0.717, 1.165) is 43.4 Å². The topological polar surface area (TPSA) is 83.6 Å². The Hall–Kier alpha value is -1.92. The molecule has 1 aromatic heterocycles. The van der Waals surface area contributed by atoms with Gasteiger partial charge in [0, 0.05) is 24.9 Å². The Morgan fingerprint density at radius 2 is 2.05 bits per heavy atom. The number of likely N-dealkylation sites (tertiary alicyclic amines) is 1. The second kappa shape index (κ2) is 5.13. The number of fused-ring (bicyclic) bond motifs is 1. The highest BCUT2D eigenvalue weighted by molar-refractivity contribution is 5.95. The Bertz CT molecular complexity index is 586. The number of carboxylic acid groups (broad SMARTS) is 1. The fourth-order valence-electron chi connectivity index (χ4n) is 3.00. The molecule has 3 rings (SSSR count). The van der Waals surface area contributed by atoms with Gasteiger partial charge in [-0.2, -0.15) is 0 Å². The van der Waals surface area contributed by atoms with Crippen molar-refractivity contribution in [3.63, 3.8) is 0 Å². The molecule has 1 atom stereocenters. The van der Waals surface area contributed by atoms with E-state index >= 15 is 0 Å². The van der Waals surface area contributed by atoms with Crippen molar-refractivity contribution in [1.82, 2.24) is 10.1 Å². The summed E-state index contributed by atoms with van der Waals surface area (Å²) in [6.07, 6.45) is 4.36. The number of aryl methyl sites for hydroxylation is 1. The highest BCUT2D eigenvalue weighted by atomic mass is 19.1. The summed E-state index contributed by atoms with van der Waals surface area (Å²) in [5.41, 5.74) is -1.32. The van der Waals surface area contributed by atoms with Crippen molar-refractivity contribution >= 4 is 11.9 Å². The first-order valence-electron chi connectivity index (χ1n) is 7.20. The molecule has 1 aliphatic carbocycles. The van der Waals surface area contributed by atoms with E-state index in [2.05, 4.69) is 5.16 Å². The van der Waals surface area contributed by atoms with Gasteiger partial charge in [-0.05, 0) is 19.3 Å². The van der Waals surface area contributed by atoms with Gasteiger partial charge >= 0.3 is 5.97 Å².